The van der Waals surface area contributed by atoms with Crippen LogP contribution in [0.4, 0.5) is 4.39 Å². The molecule has 2 N–H and O–H groups in total. The van der Waals surface area contributed by atoms with Gasteiger partial charge in [-0.1, -0.05) is 0 Å². The second kappa shape index (κ2) is 6.01. The zero-order valence-corrected chi connectivity index (χ0v) is 13.6. The van der Waals surface area contributed by atoms with Crippen molar-refractivity contribution in [2.45, 2.75) is 0 Å². The molecule has 0 unspecified atom stereocenters. The number of fused-ring (bicyclic) bond motifs is 1. The highest BCUT2D eigenvalue weighted by Crippen LogP contribution is 2.38. The molecule has 3 heterocycles. The largest absolute Gasteiger partial charge is 0.489 e. The van der Waals surface area contributed by atoms with Gasteiger partial charge in [0, 0.05) is 36.1 Å². The number of hydrogen-bond acceptors (Lipinski definition) is 5. The maximum absolute atomic E-state index is 13.3. The Bertz CT molecular complexity index is 962. The number of amidine groups is 1. The van der Waals surface area contributed by atoms with Crippen LogP contribution in [0.2, 0.25) is 0 Å². The zero-order valence-electron chi connectivity index (χ0n) is 13.6. The molecule has 1 aliphatic heterocycles. The number of nitrogens with zero attached hydrogens (tertiary/aromatic N) is 4. The van der Waals surface area contributed by atoms with Gasteiger partial charge in [-0.05, 0) is 30.3 Å². The Labute approximate surface area is 143 Å². The fourth-order valence-electron chi connectivity index (χ4n) is 2.88. The minimum atomic E-state index is -0.286. The summed E-state index contributed by atoms with van der Waals surface area (Å²) in [5, 5.41) is 4.54. The summed E-state index contributed by atoms with van der Waals surface area (Å²) < 4.78 is 20.9. The van der Waals surface area contributed by atoms with E-state index in [1.54, 1.807) is 23.0 Å². The van der Waals surface area contributed by atoms with Gasteiger partial charge >= 0.3 is 0 Å². The van der Waals surface area contributed by atoms with E-state index in [0.717, 1.165) is 22.4 Å². The first-order chi connectivity index (χ1) is 12.1. The minimum Gasteiger partial charge on any atom is -0.489 e. The molecule has 1 aliphatic rings. The van der Waals surface area contributed by atoms with Gasteiger partial charge in [-0.15, -0.1) is 0 Å². The van der Waals surface area contributed by atoms with Gasteiger partial charge in [0.2, 0.25) is 0 Å². The third kappa shape index (κ3) is 2.73. The number of aromatic nitrogens is 3. The Morgan fingerprint density at radius 2 is 1.92 bits per heavy atom. The monoisotopic (exact) mass is 337 g/mol. The molecule has 0 atom stereocenters. The van der Waals surface area contributed by atoms with Crippen molar-refractivity contribution < 1.29 is 9.13 Å². The maximum Gasteiger partial charge on any atom is 0.156 e. The van der Waals surface area contributed by atoms with E-state index in [-0.39, 0.29) is 5.82 Å². The lowest BCUT2D eigenvalue weighted by atomic mass is 10.0. The molecule has 4 rings (SSSR count). The Balaban J connectivity index is 1.91. The average molecular weight is 337 g/mol. The summed E-state index contributed by atoms with van der Waals surface area (Å²) in [7, 11) is 1.84. The van der Waals surface area contributed by atoms with Gasteiger partial charge in [0.25, 0.3) is 0 Å². The second-order valence-electron chi connectivity index (χ2n) is 5.72. The van der Waals surface area contributed by atoms with E-state index in [0.29, 0.717) is 30.4 Å². The van der Waals surface area contributed by atoms with Crippen LogP contribution in [0.5, 0.6) is 5.75 Å². The topological polar surface area (TPSA) is 78.3 Å². The van der Waals surface area contributed by atoms with Crippen LogP contribution >= 0.6 is 0 Å². The van der Waals surface area contributed by atoms with Crippen molar-refractivity contribution in [2.24, 2.45) is 17.8 Å². The van der Waals surface area contributed by atoms with Gasteiger partial charge in [-0.2, -0.15) is 5.10 Å². The summed E-state index contributed by atoms with van der Waals surface area (Å²) in [6, 6.07) is 8.11. The molecular weight excluding hydrogens is 321 g/mol. The lowest BCUT2D eigenvalue weighted by Gasteiger charge is -2.12. The van der Waals surface area contributed by atoms with E-state index < -0.39 is 0 Å². The third-order valence-electron chi connectivity index (χ3n) is 4.00. The summed E-state index contributed by atoms with van der Waals surface area (Å²) in [4.78, 5) is 8.55. The molecule has 0 saturated carbocycles. The molecule has 2 aromatic heterocycles. The van der Waals surface area contributed by atoms with Crippen LogP contribution in [-0.2, 0) is 7.05 Å². The lowest BCUT2D eigenvalue weighted by molar-refractivity contribution is 0.331. The van der Waals surface area contributed by atoms with Gasteiger partial charge in [0.1, 0.15) is 29.6 Å². The Morgan fingerprint density at radius 1 is 1.12 bits per heavy atom. The molecule has 1 aromatic carbocycles. The number of rotatable bonds is 2. The maximum atomic E-state index is 13.3. The van der Waals surface area contributed by atoms with Crippen molar-refractivity contribution in [1.29, 1.82) is 0 Å². The summed E-state index contributed by atoms with van der Waals surface area (Å²) in [6.45, 7) is 0.915. The van der Waals surface area contributed by atoms with Crippen LogP contribution in [0.3, 0.4) is 0 Å². The lowest BCUT2D eigenvalue weighted by Crippen LogP contribution is -2.15. The van der Waals surface area contributed by atoms with Crippen molar-refractivity contribution in [3.8, 4) is 28.1 Å². The van der Waals surface area contributed by atoms with Gasteiger partial charge in [-0.25, -0.2) is 9.37 Å². The number of ether oxygens (including phenoxy) is 1. The normalized spacial score (nSPS) is 13.6. The van der Waals surface area contributed by atoms with Crippen LogP contribution in [0, 0.1) is 5.82 Å². The number of aliphatic imine (C=N–C) groups is 1. The quantitative estimate of drug-likeness (QED) is 0.779. The molecule has 7 heteroatoms. The van der Waals surface area contributed by atoms with Gasteiger partial charge in [-0.3, -0.25) is 9.67 Å². The fourth-order valence-corrected chi connectivity index (χ4v) is 2.88. The van der Waals surface area contributed by atoms with Crippen molar-refractivity contribution in [3.05, 3.63) is 54.2 Å². The number of halogens is 1. The minimum absolute atomic E-state index is 0.286. The molecule has 0 bridgehead atoms. The average Bonchev–Trinajstić information content (AvgIpc) is 2.89. The third-order valence-corrected chi connectivity index (χ3v) is 4.00. The number of pyridine rings is 1. The van der Waals surface area contributed by atoms with Crippen molar-refractivity contribution in [3.63, 3.8) is 0 Å². The summed E-state index contributed by atoms with van der Waals surface area (Å²) in [6.07, 6.45) is 3.57. The summed E-state index contributed by atoms with van der Waals surface area (Å²) >= 11 is 0. The van der Waals surface area contributed by atoms with Crippen LogP contribution in [0.1, 0.15) is 5.69 Å². The Hall–Kier alpha value is -3.22. The first-order valence-electron chi connectivity index (χ1n) is 7.85. The molecule has 0 aliphatic carbocycles. The van der Waals surface area contributed by atoms with E-state index in [1.807, 2.05) is 19.3 Å². The molecule has 0 fully saturated rings. The Kier molecular flexibility index (Phi) is 3.68. The van der Waals surface area contributed by atoms with Crippen molar-refractivity contribution in [1.82, 2.24) is 14.8 Å². The van der Waals surface area contributed by atoms with Crippen LogP contribution in [0.25, 0.3) is 22.4 Å². The fraction of sp³-hybridized carbons (Fsp3) is 0.167. The highest BCUT2D eigenvalue weighted by atomic mass is 19.1. The van der Waals surface area contributed by atoms with E-state index in [1.165, 1.54) is 12.1 Å². The summed E-state index contributed by atoms with van der Waals surface area (Å²) in [5.74, 6) is 0.672. The molecule has 6 nitrogen and oxygen atoms in total. The highest BCUT2D eigenvalue weighted by molar-refractivity contribution is 6.01. The van der Waals surface area contributed by atoms with Crippen LogP contribution < -0.4 is 10.5 Å². The van der Waals surface area contributed by atoms with Gasteiger partial charge < -0.3 is 10.5 Å². The molecule has 0 amide bonds. The van der Waals surface area contributed by atoms with Crippen LogP contribution in [-0.4, -0.2) is 33.8 Å². The number of nitrogens with two attached hydrogens (primary N) is 1. The molecule has 0 radical (unpaired) electrons. The van der Waals surface area contributed by atoms with Crippen LogP contribution in [0.15, 0.2) is 47.7 Å². The first-order valence-corrected chi connectivity index (χ1v) is 7.85. The summed E-state index contributed by atoms with van der Waals surface area (Å²) in [5.41, 5.74) is 9.79. The van der Waals surface area contributed by atoms with E-state index >= 15 is 0 Å². The van der Waals surface area contributed by atoms with E-state index in [4.69, 9.17) is 10.5 Å². The number of hydrogen-bond donors (Lipinski definition) is 1. The zero-order chi connectivity index (χ0) is 17.4. The molecule has 0 saturated heterocycles. The molecule has 3 aromatic rings. The standard InChI is InChI=1S/C18H16FN5O/c1-24-10-14(15(23-24)11-2-4-12(19)5-3-11)13-6-7-21-16-17(13)25-9-8-22-18(16)20/h2-7,10H,8-9H2,1H3,(H2,20,22). The van der Waals surface area contributed by atoms with Crippen molar-refractivity contribution in [2.75, 3.05) is 13.2 Å². The molecule has 0 spiro atoms. The number of aryl methyl sites for hydroxylation is 1. The SMILES string of the molecule is Cn1cc(-c2ccnc3c2OCCN=C3N)c(-c2ccc(F)cc2)n1. The first kappa shape index (κ1) is 15.3. The van der Waals surface area contributed by atoms with Crippen molar-refractivity contribution >= 4 is 5.84 Å². The molecule has 126 valence electrons. The molecule has 25 heavy (non-hydrogen) atoms. The highest BCUT2D eigenvalue weighted by Gasteiger charge is 2.22. The smallest absolute Gasteiger partial charge is 0.156 e. The Morgan fingerprint density at radius 3 is 2.72 bits per heavy atom. The predicted octanol–water partition coefficient (Wildman–Crippen LogP) is 2.39. The van der Waals surface area contributed by atoms with Gasteiger partial charge in [0.05, 0.1) is 6.54 Å². The second-order valence-corrected chi connectivity index (χ2v) is 5.72. The predicted molar refractivity (Wildman–Crippen MR) is 92.9 cm³/mol. The van der Waals surface area contributed by atoms with E-state index in [2.05, 4.69) is 15.1 Å². The van der Waals surface area contributed by atoms with E-state index in [9.17, 15) is 4.39 Å². The van der Waals surface area contributed by atoms with Gasteiger partial charge in [0.15, 0.2) is 5.75 Å². The molecular formula is C18H16FN5O. The number of benzene rings is 1.